The van der Waals surface area contributed by atoms with Crippen LogP contribution in [0.5, 0.6) is 0 Å². The Labute approximate surface area is 226 Å². The van der Waals surface area contributed by atoms with Crippen molar-refractivity contribution < 1.29 is 50.1 Å². The fourth-order valence-electron chi connectivity index (χ4n) is 3.41. The van der Waals surface area contributed by atoms with Crippen molar-refractivity contribution >= 4 is 51.6 Å². The largest absolute Gasteiger partial charge is 0.465 e. The van der Waals surface area contributed by atoms with Crippen molar-refractivity contribution in [1.82, 2.24) is 0 Å². The molecule has 15 heteroatoms. The van der Waals surface area contributed by atoms with Crippen molar-refractivity contribution in [3.8, 4) is 0 Å². The number of halogens is 7. The lowest BCUT2D eigenvalue weighted by atomic mass is 9.98. The maximum atomic E-state index is 13.3. The number of hydrogen-bond donors (Lipinski definition) is 2. The molecular weight excluding hydrogens is 637 g/mol. The van der Waals surface area contributed by atoms with Gasteiger partial charge in [-0.25, -0.2) is 9.59 Å². The van der Waals surface area contributed by atoms with E-state index in [-0.39, 0.29) is 43.4 Å². The molecule has 3 rings (SSSR count). The van der Waals surface area contributed by atoms with Crippen LogP contribution in [0.4, 0.5) is 37.7 Å². The third-order valence-electron chi connectivity index (χ3n) is 5.13. The normalized spacial score (nSPS) is 15.2. The van der Waals surface area contributed by atoms with Gasteiger partial charge < -0.3 is 20.9 Å². The molecule has 0 saturated heterocycles. The summed E-state index contributed by atoms with van der Waals surface area (Å²) in [7, 11) is 3.81. The summed E-state index contributed by atoms with van der Waals surface area (Å²) >= 11 is 1.49. The number of carbonyl (C=O) groups is 2. The zero-order chi connectivity index (χ0) is 29.2. The van der Waals surface area contributed by atoms with Crippen LogP contribution in [0.25, 0.3) is 5.70 Å². The molecule has 2 aromatic rings. The molecule has 0 bridgehead atoms. The number of nitrogens with zero attached hydrogens (tertiary/aromatic N) is 2. The summed E-state index contributed by atoms with van der Waals surface area (Å²) in [5.74, 6) is -1.55. The van der Waals surface area contributed by atoms with Gasteiger partial charge in [0.2, 0.25) is 5.70 Å². The first-order valence-corrected chi connectivity index (χ1v) is 11.5. The first-order valence-electron chi connectivity index (χ1n) is 10.4. The van der Waals surface area contributed by atoms with E-state index in [1.807, 2.05) is 0 Å². The van der Waals surface area contributed by atoms with E-state index in [4.69, 9.17) is 11.5 Å². The predicted octanol–water partition coefficient (Wildman–Crippen LogP) is 5.59. The summed E-state index contributed by atoms with van der Waals surface area (Å²) in [6.07, 6.45) is -7.51. The maximum Gasteiger partial charge on any atom is 0.417 e. The van der Waals surface area contributed by atoms with Gasteiger partial charge in [-0.05, 0) is 58.9 Å². The second-order valence-electron chi connectivity index (χ2n) is 7.81. The van der Waals surface area contributed by atoms with E-state index in [0.29, 0.717) is 0 Å². The molecule has 206 valence electrons. The van der Waals surface area contributed by atoms with E-state index in [9.17, 15) is 35.9 Å². The maximum absolute atomic E-state index is 13.3. The molecule has 1 atom stereocenters. The number of azo groups is 2. The third kappa shape index (κ3) is 6.93. The Morgan fingerprint density at radius 1 is 0.895 bits per heavy atom. The summed E-state index contributed by atoms with van der Waals surface area (Å²) < 4.78 is 87.4. The quantitative estimate of drug-likeness (QED) is 0.146. The number of nitrogens with two attached hydrogens (primary N) is 2. The summed E-state index contributed by atoms with van der Waals surface area (Å²) in [6, 6.07) is 3.39. The van der Waals surface area contributed by atoms with Crippen LogP contribution in [0.15, 0.2) is 35.5 Å². The minimum absolute atomic E-state index is 0.0695. The Hall–Kier alpha value is -3.37. The topological polar surface area (TPSA) is 120 Å². The molecule has 1 aliphatic rings. The van der Waals surface area contributed by atoms with Crippen LogP contribution in [0, 0.1) is 3.57 Å². The highest BCUT2D eigenvalue weighted by Crippen LogP contribution is 2.39. The fraction of sp³-hybridized carbons (Fsp3) is 0.304. The highest BCUT2D eigenvalue weighted by atomic mass is 127. The molecule has 1 unspecified atom stereocenters. The molecule has 0 aliphatic carbocycles. The second-order valence-corrected chi connectivity index (χ2v) is 8.98. The van der Waals surface area contributed by atoms with Crippen LogP contribution in [-0.2, 0) is 21.8 Å². The van der Waals surface area contributed by atoms with Crippen LogP contribution in [0.1, 0.15) is 44.3 Å². The molecule has 2 aromatic carbocycles. The van der Waals surface area contributed by atoms with Gasteiger partial charge in [0.05, 0.1) is 42.0 Å². The van der Waals surface area contributed by atoms with Gasteiger partial charge in [0.25, 0.3) is 0 Å². The molecule has 1 aliphatic heterocycles. The van der Waals surface area contributed by atoms with Gasteiger partial charge in [0.1, 0.15) is 6.04 Å². The van der Waals surface area contributed by atoms with E-state index in [1.165, 1.54) is 27.3 Å². The predicted molar refractivity (Wildman–Crippen MR) is 133 cm³/mol. The molecule has 0 amide bonds. The summed E-state index contributed by atoms with van der Waals surface area (Å²) in [5.41, 5.74) is 8.55. The van der Waals surface area contributed by atoms with Gasteiger partial charge in [0.15, 0.2) is 7.05 Å². The van der Waals surface area contributed by atoms with Crippen molar-refractivity contribution in [2.75, 3.05) is 32.7 Å². The van der Waals surface area contributed by atoms with Gasteiger partial charge in [-0.3, -0.25) is 0 Å². The number of nitrogen functional groups attached to an aromatic ring is 2. The third-order valence-corrected chi connectivity index (χ3v) is 6.02. The number of methoxy groups -OCH3 is 2. The van der Waals surface area contributed by atoms with Crippen molar-refractivity contribution in [3.05, 3.63) is 61.7 Å². The Morgan fingerprint density at radius 3 is 1.74 bits per heavy atom. The minimum Gasteiger partial charge on any atom is -0.465 e. The van der Waals surface area contributed by atoms with Crippen molar-refractivity contribution in [3.63, 3.8) is 0 Å². The Morgan fingerprint density at radius 2 is 1.34 bits per heavy atom. The molecule has 0 fully saturated rings. The number of anilines is 2. The lowest BCUT2D eigenvalue weighted by Gasteiger charge is -2.14. The fourth-order valence-corrected chi connectivity index (χ4v) is 4.19. The zero-order valence-corrected chi connectivity index (χ0v) is 22.4. The van der Waals surface area contributed by atoms with Gasteiger partial charge in [-0.1, -0.05) is 4.70 Å². The number of benzene rings is 2. The molecule has 0 radical (unpaired) electrons. The summed E-state index contributed by atoms with van der Waals surface area (Å²) in [5, 5.41) is 4.11. The average molecular weight is 659 g/mol. The Bertz CT molecular complexity index is 1320. The van der Waals surface area contributed by atoms with Crippen LogP contribution >= 0.6 is 22.6 Å². The molecule has 0 saturated carbocycles. The van der Waals surface area contributed by atoms with E-state index in [2.05, 4.69) is 14.6 Å². The number of rotatable bonds is 3. The van der Waals surface area contributed by atoms with Gasteiger partial charge >= 0.3 is 24.3 Å². The van der Waals surface area contributed by atoms with Crippen LogP contribution in [0.3, 0.4) is 0 Å². The number of ether oxygens (including phenoxy) is 2. The van der Waals surface area contributed by atoms with Crippen molar-refractivity contribution in [2.45, 2.75) is 25.3 Å². The average Bonchev–Trinajstić information content (AvgIpc) is 3.15. The number of alkyl halides is 6. The van der Waals surface area contributed by atoms with Crippen LogP contribution < -0.4 is 11.5 Å². The molecule has 0 spiro atoms. The van der Waals surface area contributed by atoms with E-state index in [0.717, 1.165) is 38.5 Å². The number of carbonyl (C=O) groups excluding carboxylic acids is 2. The van der Waals surface area contributed by atoms with Crippen LogP contribution in [-0.4, -0.2) is 43.9 Å². The lowest BCUT2D eigenvalue weighted by Crippen LogP contribution is -2.15. The van der Waals surface area contributed by atoms with E-state index in [1.54, 1.807) is 20.0 Å². The van der Waals surface area contributed by atoms with Gasteiger partial charge in [-0.15, -0.1) is 0 Å². The highest BCUT2D eigenvalue weighted by molar-refractivity contribution is 14.1. The smallest absolute Gasteiger partial charge is 0.417 e. The number of esters is 2. The molecule has 0 aromatic heterocycles. The van der Waals surface area contributed by atoms with Crippen LogP contribution in [0.2, 0.25) is 0 Å². The number of hydrogen-bond acceptors (Lipinski definition) is 7. The van der Waals surface area contributed by atoms with E-state index >= 15 is 0 Å². The molecule has 4 N–H and O–H groups in total. The first-order chi connectivity index (χ1) is 17.4. The minimum atomic E-state index is -4.61. The standard InChI is InChI=1S/C14H14F3N3O2.C9H7F3INO2/c1-7-4-12(20(2)19-7)8-5-9(13(21)22-3)11(18)6-10(8)14(15,16)17;1-16-8(15)4-2-6(13)5(3-7(4)14)9(10,11)12/h4-7H,1-3H3,(H-,18,21);2-3H,14H2,1H3/p+1. The second kappa shape index (κ2) is 11.6. The Balaban J connectivity index is 0.000000281. The Kier molecular flexibility index (Phi) is 9.39. The lowest BCUT2D eigenvalue weighted by molar-refractivity contribution is -0.469. The first kappa shape index (κ1) is 30.9. The van der Waals surface area contributed by atoms with E-state index < -0.39 is 35.4 Å². The zero-order valence-electron chi connectivity index (χ0n) is 20.3. The molecule has 8 nitrogen and oxygen atoms in total. The molecule has 1 heterocycles. The summed E-state index contributed by atoms with van der Waals surface area (Å²) in [6.45, 7) is 1.75. The molecular formula is C23H22F6IN4O4+. The van der Waals surface area contributed by atoms with Crippen molar-refractivity contribution in [2.24, 2.45) is 5.11 Å². The van der Waals surface area contributed by atoms with Gasteiger partial charge in [0, 0.05) is 21.0 Å². The summed E-state index contributed by atoms with van der Waals surface area (Å²) in [4.78, 5) is 22.8. The highest BCUT2D eigenvalue weighted by Gasteiger charge is 2.39. The monoisotopic (exact) mass is 659 g/mol. The SMILES string of the molecule is COC(=O)c1cc(C2=CC(C)N=[N+]2C)c(C(F)(F)F)cc1N.COC(=O)c1cc(I)c(C(F)(F)F)cc1N. The van der Waals surface area contributed by atoms with Crippen molar-refractivity contribution in [1.29, 1.82) is 0 Å². The van der Waals surface area contributed by atoms with Gasteiger partial charge in [-0.2, -0.15) is 26.3 Å². The molecule has 38 heavy (non-hydrogen) atoms.